The number of carbonyl (C=O) groups excluding carboxylic acids is 1. The van der Waals surface area contributed by atoms with Gasteiger partial charge in [0.05, 0.1) is 21.8 Å². The summed E-state index contributed by atoms with van der Waals surface area (Å²) in [6, 6.07) is 13.0. The summed E-state index contributed by atoms with van der Waals surface area (Å²) in [5, 5.41) is 3.44. The van der Waals surface area contributed by atoms with Gasteiger partial charge in [-0.2, -0.15) is 0 Å². The minimum atomic E-state index is -0.442. The third-order valence-corrected chi connectivity index (χ3v) is 6.12. The molecule has 2 atom stereocenters. The molecular weight excluding hydrogens is 401 g/mol. The quantitative estimate of drug-likeness (QED) is 0.418. The molecule has 1 aromatic heterocycles. The second kappa shape index (κ2) is 9.89. The highest BCUT2D eigenvalue weighted by atomic mass is 32.2. The van der Waals surface area contributed by atoms with E-state index in [-0.39, 0.29) is 17.5 Å². The molecule has 3 rings (SSSR count). The number of rotatable bonds is 8. The first kappa shape index (κ1) is 22.0. The number of halogens is 1. The summed E-state index contributed by atoms with van der Waals surface area (Å²) in [5.41, 5.74) is 0.653. The van der Waals surface area contributed by atoms with Gasteiger partial charge in [-0.1, -0.05) is 50.2 Å². The summed E-state index contributed by atoms with van der Waals surface area (Å²) in [4.78, 5) is 30.8. The minimum Gasteiger partial charge on any atom is -0.353 e. The van der Waals surface area contributed by atoms with Crippen LogP contribution >= 0.6 is 11.8 Å². The van der Waals surface area contributed by atoms with E-state index < -0.39 is 11.1 Å². The summed E-state index contributed by atoms with van der Waals surface area (Å²) < 4.78 is 15.3. The summed E-state index contributed by atoms with van der Waals surface area (Å²) in [7, 11) is 0. The predicted molar refractivity (Wildman–Crippen MR) is 120 cm³/mol. The largest absolute Gasteiger partial charge is 0.353 e. The van der Waals surface area contributed by atoms with E-state index in [1.807, 2.05) is 26.8 Å². The lowest BCUT2D eigenvalue weighted by atomic mass is 10.2. The summed E-state index contributed by atoms with van der Waals surface area (Å²) in [5.74, 6) is -0.521. The molecule has 1 N–H and O–H groups in total. The third kappa shape index (κ3) is 4.90. The van der Waals surface area contributed by atoms with Crippen LogP contribution in [0.15, 0.2) is 58.5 Å². The molecular formula is C23H26FN3O2S. The van der Waals surface area contributed by atoms with Crippen molar-refractivity contribution in [1.82, 2.24) is 14.9 Å². The Labute approximate surface area is 179 Å². The van der Waals surface area contributed by atoms with Crippen LogP contribution in [-0.4, -0.2) is 26.8 Å². The van der Waals surface area contributed by atoms with Crippen LogP contribution in [0.1, 0.15) is 40.0 Å². The van der Waals surface area contributed by atoms with Gasteiger partial charge < -0.3 is 5.32 Å². The molecule has 0 spiro atoms. The van der Waals surface area contributed by atoms with Gasteiger partial charge in [0.2, 0.25) is 5.91 Å². The van der Waals surface area contributed by atoms with Gasteiger partial charge in [0.1, 0.15) is 5.82 Å². The van der Waals surface area contributed by atoms with E-state index in [4.69, 9.17) is 0 Å². The fraction of sp³-hybridized carbons (Fsp3) is 0.348. The number of benzene rings is 2. The fourth-order valence-corrected chi connectivity index (χ4v) is 4.33. The zero-order valence-electron chi connectivity index (χ0n) is 17.4. The molecule has 1 amide bonds. The lowest BCUT2D eigenvalue weighted by Gasteiger charge is -2.20. The minimum absolute atomic E-state index is 0.0624. The normalized spacial score (nSPS) is 13.2. The van der Waals surface area contributed by atoms with Crippen LogP contribution in [0.3, 0.4) is 0 Å². The first-order valence-corrected chi connectivity index (χ1v) is 11.1. The van der Waals surface area contributed by atoms with Crippen molar-refractivity contribution in [1.29, 1.82) is 0 Å². The Morgan fingerprint density at radius 2 is 1.97 bits per heavy atom. The van der Waals surface area contributed by atoms with Gasteiger partial charge in [-0.15, -0.1) is 0 Å². The van der Waals surface area contributed by atoms with Crippen LogP contribution in [0.4, 0.5) is 4.39 Å². The maximum Gasteiger partial charge on any atom is 0.266 e. The van der Waals surface area contributed by atoms with Crippen molar-refractivity contribution in [3.8, 4) is 5.69 Å². The monoisotopic (exact) mass is 427 g/mol. The molecule has 0 fully saturated rings. The van der Waals surface area contributed by atoms with Crippen molar-refractivity contribution < 1.29 is 9.18 Å². The van der Waals surface area contributed by atoms with E-state index in [2.05, 4.69) is 10.3 Å². The number of aromatic nitrogens is 2. The van der Waals surface area contributed by atoms with Crippen LogP contribution < -0.4 is 10.9 Å². The number of carbonyl (C=O) groups is 1. The summed E-state index contributed by atoms with van der Waals surface area (Å²) in [6.07, 6.45) is 2.28. The number of para-hydroxylation sites is 1. The van der Waals surface area contributed by atoms with Crippen LogP contribution in [-0.2, 0) is 4.79 Å². The first-order chi connectivity index (χ1) is 14.4. The molecule has 2 aromatic carbocycles. The first-order valence-electron chi connectivity index (χ1n) is 10.2. The number of hydrogen-bond acceptors (Lipinski definition) is 4. The van der Waals surface area contributed by atoms with Crippen molar-refractivity contribution in [3.05, 3.63) is 64.7 Å². The summed E-state index contributed by atoms with van der Waals surface area (Å²) in [6.45, 7) is 5.99. The number of amides is 1. The van der Waals surface area contributed by atoms with Crippen molar-refractivity contribution >= 4 is 28.6 Å². The molecule has 0 saturated carbocycles. The molecule has 0 aliphatic rings. The number of nitrogens with one attached hydrogen (secondary N) is 1. The number of thioether (sulfide) groups is 1. The standard InChI is InChI=1S/C23H26FN3O2S/c1-4-9-20(21(28)25-15(3)5-2)30-23-26-19-13-7-6-12-18(19)22(29)27(23)17-11-8-10-16(24)14-17/h6-8,10-15,20H,4-5,9H2,1-3H3,(H,25,28). The van der Waals surface area contributed by atoms with Gasteiger partial charge in [0.25, 0.3) is 5.56 Å². The van der Waals surface area contributed by atoms with Crippen molar-refractivity contribution in [2.24, 2.45) is 0 Å². The van der Waals surface area contributed by atoms with E-state index >= 15 is 0 Å². The van der Waals surface area contributed by atoms with E-state index in [9.17, 15) is 14.0 Å². The van der Waals surface area contributed by atoms with E-state index in [0.29, 0.717) is 28.2 Å². The van der Waals surface area contributed by atoms with E-state index in [1.54, 1.807) is 30.3 Å². The van der Waals surface area contributed by atoms with Gasteiger partial charge in [-0.05, 0) is 50.1 Å². The van der Waals surface area contributed by atoms with Crippen LogP contribution in [0.25, 0.3) is 16.6 Å². The molecule has 0 aliphatic carbocycles. The zero-order chi connectivity index (χ0) is 21.7. The molecule has 0 bridgehead atoms. The van der Waals surface area contributed by atoms with E-state index in [0.717, 1.165) is 12.8 Å². The lowest BCUT2D eigenvalue weighted by molar-refractivity contribution is -0.121. The molecule has 30 heavy (non-hydrogen) atoms. The van der Waals surface area contributed by atoms with Crippen LogP contribution in [0.2, 0.25) is 0 Å². The molecule has 0 aliphatic heterocycles. The van der Waals surface area contributed by atoms with Gasteiger partial charge in [0, 0.05) is 6.04 Å². The molecule has 2 unspecified atom stereocenters. The molecule has 1 heterocycles. The van der Waals surface area contributed by atoms with Gasteiger partial charge in [-0.3, -0.25) is 14.2 Å². The number of fused-ring (bicyclic) bond motifs is 1. The lowest BCUT2D eigenvalue weighted by Crippen LogP contribution is -2.38. The Morgan fingerprint density at radius 1 is 1.20 bits per heavy atom. The second-order valence-corrected chi connectivity index (χ2v) is 8.41. The van der Waals surface area contributed by atoms with Gasteiger partial charge >= 0.3 is 0 Å². The van der Waals surface area contributed by atoms with Crippen molar-refractivity contribution in [3.63, 3.8) is 0 Å². The van der Waals surface area contributed by atoms with Gasteiger partial charge in [0.15, 0.2) is 5.16 Å². The molecule has 0 saturated heterocycles. The Hall–Kier alpha value is -2.67. The Balaban J connectivity index is 2.12. The predicted octanol–water partition coefficient (Wildman–Crippen LogP) is 4.70. The highest BCUT2D eigenvalue weighted by Crippen LogP contribution is 2.28. The molecule has 5 nitrogen and oxygen atoms in total. The molecule has 7 heteroatoms. The maximum absolute atomic E-state index is 13.9. The number of hydrogen-bond donors (Lipinski definition) is 1. The van der Waals surface area contributed by atoms with E-state index in [1.165, 1.54) is 28.5 Å². The second-order valence-electron chi connectivity index (χ2n) is 7.25. The molecule has 158 valence electrons. The smallest absolute Gasteiger partial charge is 0.266 e. The summed E-state index contributed by atoms with van der Waals surface area (Å²) >= 11 is 1.25. The zero-order valence-corrected chi connectivity index (χ0v) is 18.2. The average Bonchev–Trinajstić information content (AvgIpc) is 2.73. The Kier molecular flexibility index (Phi) is 7.26. The third-order valence-electron chi connectivity index (χ3n) is 4.90. The molecule has 0 radical (unpaired) electrons. The average molecular weight is 428 g/mol. The SMILES string of the molecule is CCCC(Sc1nc2ccccc2c(=O)n1-c1cccc(F)c1)C(=O)NC(C)CC. The highest BCUT2D eigenvalue weighted by molar-refractivity contribution is 8.00. The highest BCUT2D eigenvalue weighted by Gasteiger charge is 2.24. The Bertz CT molecular complexity index is 1100. The maximum atomic E-state index is 13.9. The molecule has 3 aromatic rings. The van der Waals surface area contributed by atoms with Gasteiger partial charge in [-0.25, -0.2) is 9.37 Å². The van der Waals surface area contributed by atoms with Crippen LogP contribution in [0.5, 0.6) is 0 Å². The van der Waals surface area contributed by atoms with Crippen molar-refractivity contribution in [2.45, 2.75) is 56.5 Å². The number of nitrogens with zero attached hydrogens (tertiary/aromatic N) is 2. The topological polar surface area (TPSA) is 64.0 Å². The van der Waals surface area contributed by atoms with Crippen LogP contribution in [0, 0.1) is 5.82 Å². The van der Waals surface area contributed by atoms with Crippen molar-refractivity contribution in [2.75, 3.05) is 0 Å². The fourth-order valence-electron chi connectivity index (χ4n) is 3.11. The Morgan fingerprint density at radius 3 is 2.67 bits per heavy atom.